The molecule has 0 heterocycles. The number of nitrogens with two attached hydrogens (primary N) is 1. The lowest BCUT2D eigenvalue weighted by Gasteiger charge is -2.24. The van der Waals surface area contributed by atoms with Crippen molar-refractivity contribution in [1.29, 1.82) is 5.26 Å². The number of nitriles is 1. The molecule has 0 spiro atoms. The lowest BCUT2D eigenvalue weighted by Crippen LogP contribution is -2.25. The van der Waals surface area contributed by atoms with Crippen LogP contribution < -0.4 is 5.73 Å². The second-order valence-corrected chi connectivity index (χ2v) is 7.61. The number of rotatable bonds is 7. The fourth-order valence-corrected chi connectivity index (χ4v) is 2.84. The van der Waals surface area contributed by atoms with Gasteiger partial charge in [-0.1, -0.05) is 57.2 Å². The van der Waals surface area contributed by atoms with Gasteiger partial charge in [0.15, 0.2) is 0 Å². The molecule has 3 heteroatoms. The molecular weight excluding hydrogens is 306 g/mol. The van der Waals surface area contributed by atoms with E-state index in [1.807, 2.05) is 24.3 Å². The first-order chi connectivity index (χ1) is 11.9. The Morgan fingerprint density at radius 3 is 1.88 bits per heavy atom. The van der Waals surface area contributed by atoms with Crippen LogP contribution >= 0.6 is 0 Å². The van der Waals surface area contributed by atoms with Crippen LogP contribution in [0.4, 0.5) is 0 Å². The van der Waals surface area contributed by atoms with Crippen molar-refractivity contribution >= 4 is 0 Å². The summed E-state index contributed by atoms with van der Waals surface area (Å²) in [4.78, 5) is 2.42. The maximum absolute atomic E-state index is 8.93. The monoisotopic (exact) mass is 335 g/mol. The Bertz CT molecular complexity index is 688. The Balaban J connectivity index is 2.07. The summed E-state index contributed by atoms with van der Waals surface area (Å²) in [5, 5.41) is 8.93. The van der Waals surface area contributed by atoms with E-state index < -0.39 is 0 Å². The summed E-state index contributed by atoms with van der Waals surface area (Å²) in [5.41, 5.74) is 10.5. The molecule has 0 saturated carbocycles. The van der Waals surface area contributed by atoms with Gasteiger partial charge in [-0.15, -0.1) is 0 Å². The third-order valence-corrected chi connectivity index (χ3v) is 4.39. The largest absolute Gasteiger partial charge is 0.330 e. The van der Waals surface area contributed by atoms with Crippen molar-refractivity contribution in [2.45, 2.75) is 45.7 Å². The standard InChI is InChI=1S/C22H29N3/c1-22(2,3)21-11-9-20(10-12-21)17-25(14-4-13-23)16-19-7-5-18(15-24)6-8-19/h5-12H,4,13-14,16-17,23H2,1-3H3. The van der Waals surface area contributed by atoms with E-state index >= 15 is 0 Å². The van der Waals surface area contributed by atoms with Crippen LogP contribution in [0.1, 0.15) is 49.4 Å². The van der Waals surface area contributed by atoms with Crippen molar-refractivity contribution < 1.29 is 0 Å². The van der Waals surface area contributed by atoms with Gasteiger partial charge in [-0.25, -0.2) is 0 Å². The minimum atomic E-state index is 0.181. The molecule has 3 nitrogen and oxygen atoms in total. The van der Waals surface area contributed by atoms with Crippen LogP contribution in [0.3, 0.4) is 0 Å². The van der Waals surface area contributed by atoms with Crippen molar-refractivity contribution in [2.24, 2.45) is 5.73 Å². The maximum Gasteiger partial charge on any atom is 0.0991 e. The molecule has 2 aromatic carbocycles. The highest BCUT2D eigenvalue weighted by Gasteiger charge is 2.13. The molecule has 0 atom stereocenters. The SMILES string of the molecule is CC(C)(C)c1ccc(CN(CCCN)Cc2ccc(C#N)cc2)cc1. The van der Waals surface area contributed by atoms with E-state index in [0.29, 0.717) is 12.1 Å². The molecule has 0 aliphatic heterocycles. The molecule has 0 amide bonds. The van der Waals surface area contributed by atoms with Gasteiger partial charge in [-0.05, 0) is 47.2 Å². The van der Waals surface area contributed by atoms with Gasteiger partial charge in [0.05, 0.1) is 11.6 Å². The second-order valence-electron chi connectivity index (χ2n) is 7.61. The summed E-state index contributed by atoms with van der Waals surface area (Å²) < 4.78 is 0. The van der Waals surface area contributed by atoms with Gasteiger partial charge in [0.1, 0.15) is 0 Å². The molecule has 2 rings (SSSR count). The molecule has 0 saturated heterocycles. The predicted octanol–water partition coefficient (Wildman–Crippen LogP) is 4.21. The van der Waals surface area contributed by atoms with Crippen LogP contribution in [0.15, 0.2) is 48.5 Å². The number of nitrogens with zero attached hydrogens (tertiary/aromatic N) is 2. The topological polar surface area (TPSA) is 53.0 Å². The fraction of sp³-hybridized carbons (Fsp3) is 0.409. The Morgan fingerprint density at radius 2 is 1.44 bits per heavy atom. The molecule has 0 radical (unpaired) electrons. The quantitative estimate of drug-likeness (QED) is 0.825. The van der Waals surface area contributed by atoms with Gasteiger partial charge in [-0.2, -0.15) is 5.26 Å². The zero-order valence-corrected chi connectivity index (χ0v) is 15.6. The summed E-state index contributed by atoms with van der Waals surface area (Å²) in [6, 6.07) is 18.9. The average molecular weight is 335 g/mol. The molecule has 0 aliphatic carbocycles. The lowest BCUT2D eigenvalue weighted by atomic mass is 9.87. The number of hydrogen-bond acceptors (Lipinski definition) is 3. The van der Waals surface area contributed by atoms with E-state index in [4.69, 9.17) is 11.0 Å². The highest BCUT2D eigenvalue weighted by Crippen LogP contribution is 2.22. The van der Waals surface area contributed by atoms with Gasteiger partial charge in [0.25, 0.3) is 0 Å². The van der Waals surface area contributed by atoms with Gasteiger partial charge >= 0.3 is 0 Å². The minimum Gasteiger partial charge on any atom is -0.330 e. The normalized spacial score (nSPS) is 11.5. The van der Waals surface area contributed by atoms with E-state index in [0.717, 1.165) is 26.1 Å². The van der Waals surface area contributed by atoms with E-state index in [9.17, 15) is 0 Å². The second kappa shape index (κ2) is 8.80. The number of benzene rings is 2. The van der Waals surface area contributed by atoms with Crippen molar-refractivity contribution in [3.63, 3.8) is 0 Å². The van der Waals surface area contributed by atoms with E-state index in [-0.39, 0.29) is 5.41 Å². The van der Waals surface area contributed by atoms with Gasteiger partial charge in [0, 0.05) is 19.6 Å². The first kappa shape index (κ1) is 19.2. The van der Waals surface area contributed by atoms with Crippen molar-refractivity contribution in [1.82, 2.24) is 4.90 Å². The predicted molar refractivity (Wildman–Crippen MR) is 104 cm³/mol. The minimum absolute atomic E-state index is 0.181. The third kappa shape index (κ3) is 6.01. The Labute approximate surface area is 152 Å². The van der Waals surface area contributed by atoms with Crippen LogP contribution in [-0.2, 0) is 18.5 Å². The molecule has 132 valence electrons. The molecule has 2 N–H and O–H groups in total. The Hall–Kier alpha value is -2.15. The Morgan fingerprint density at radius 1 is 0.920 bits per heavy atom. The van der Waals surface area contributed by atoms with Crippen LogP contribution in [-0.4, -0.2) is 18.0 Å². The molecule has 25 heavy (non-hydrogen) atoms. The van der Waals surface area contributed by atoms with Crippen LogP contribution in [0.2, 0.25) is 0 Å². The van der Waals surface area contributed by atoms with Crippen molar-refractivity contribution in [2.75, 3.05) is 13.1 Å². The Kier molecular flexibility index (Phi) is 6.75. The maximum atomic E-state index is 8.93. The zero-order valence-electron chi connectivity index (χ0n) is 15.6. The van der Waals surface area contributed by atoms with E-state index in [1.165, 1.54) is 16.7 Å². The zero-order chi connectivity index (χ0) is 18.3. The van der Waals surface area contributed by atoms with Gasteiger partial charge < -0.3 is 5.73 Å². The fourth-order valence-electron chi connectivity index (χ4n) is 2.84. The van der Waals surface area contributed by atoms with Gasteiger partial charge in [0.2, 0.25) is 0 Å². The third-order valence-electron chi connectivity index (χ3n) is 4.39. The first-order valence-corrected chi connectivity index (χ1v) is 8.93. The molecule has 0 fully saturated rings. The smallest absolute Gasteiger partial charge is 0.0991 e. The molecule has 0 aliphatic rings. The van der Waals surface area contributed by atoms with Crippen LogP contribution in [0, 0.1) is 11.3 Å². The molecule has 0 bridgehead atoms. The van der Waals surface area contributed by atoms with Crippen molar-refractivity contribution in [3.8, 4) is 6.07 Å². The lowest BCUT2D eigenvalue weighted by molar-refractivity contribution is 0.255. The molecule has 0 aromatic heterocycles. The highest BCUT2D eigenvalue weighted by molar-refractivity contribution is 5.32. The summed E-state index contributed by atoms with van der Waals surface area (Å²) in [6.07, 6.45) is 0.982. The van der Waals surface area contributed by atoms with Crippen LogP contribution in [0.25, 0.3) is 0 Å². The summed E-state index contributed by atoms with van der Waals surface area (Å²) in [7, 11) is 0. The molecule has 2 aromatic rings. The average Bonchev–Trinajstić information content (AvgIpc) is 2.60. The van der Waals surface area contributed by atoms with E-state index in [1.54, 1.807) is 0 Å². The molecular formula is C22H29N3. The van der Waals surface area contributed by atoms with Gasteiger partial charge in [-0.3, -0.25) is 4.90 Å². The molecule has 0 unspecified atom stereocenters. The highest BCUT2D eigenvalue weighted by atomic mass is 15.1. The van der Waals surface area contributed by atoms with Crippen molar-refractivity contribution in [3.05, 3.63) is 70.8 Å². The first-order valence-electron chi connectivity index (χ1n) is 8.93. The van der Waals surface area contributed by atoms with E-state index in [2.05, 4.69) is 56.0 Å². The van der Waals surface area contributed by atoms with Crippen LogP contribution in [0.5, 0.6) is 0 Å². The summed E-state index contributed by atoms with van der Waals surface area (Å²) in [6.45, 7) is 10.2. The number of hydrogen-bond donors (Lipinski definition) is 1. The summed E-state index contributed by atoms with van der Waals surface area (Å²) >= 11 is 0. The summed E-state index contributed by atoms with van der Waals surface area (Å²) in [5.74, 6) is 0.